The second-order valence-electron chi connectivity index (χ2n) is 10.7. The molecule has 2 aromatic carbocycles. The van der Waals surface area contributed by atoms with Crippen molar-refractivity contribution >= 4 is 44.4 Å². The third kappa shape index (κ3) is 8.27. The number of esters is 1. The minimum Gasteiger partial charge on any atom is -0.465 e. The molecule has 0 radical (unpaired) electrons. The van der Waals surface area contributed by atoms with Crippen molar-refractivity contribution in [2.24, 2.45) is 0 Å². The van der Waals surface area contributed by atoms with Gasteiger partial charge in [0.15, 0.2) is 0 Å². The van der Waals surface area contributed by atoms with Gasteiger partial charge in [0.25, 0.3) is 0 Å². The number of sulfonamides is 1. The number of anilines is 2. The number of ether oxygens (including phenoxy) is 2. The maximum absolute atomic E-state index is 14.0. The van der Waals surface area contributed by atoms with E-state index in [0.717, 1.165) is 16.4 Å². The van der Waals surface area contributed by atoms with Gasteiger partial charge in [0, 0.05) is 45.1 Å². The predicted molar refractivity (Wildman–Crippen MR) is 169 cm³/mol. The number of aromatic nitrogens is 3. The molecule has 1 saturated heterocycles. The van der Waals surface area contributed by atoms with Gasteiger partial charge in [-0.15, -0.1) is 13.2 Å². The molecule has 4 aromatic rings. The van der Waals surface area contributed by atoms with Crippen LogP contribution in [0.1, 0.15) is 12.5 Å². The van der Waals surface area contributed by atoms with Crippen molar-refractivity contribution in [1.82, 2.24) is 24.6 Å². The maximum atomic E-state index is 14.0. The number of likely N-dealkylation sites (N-methyl/N-ethyl adjacent to an activating group) is 1. The van der Waals surface area contributed by atoms with Crippen LogP contribution < -0.4 is 19.9 Å². The molecule has 0 saturated carbocycles. The van der Waals surface area contributed by atoms with E-state index in [1.807, 2.05) is 0 Å². The molecule has 1 amide bonds. The highest BCUT2D eigenvalue weighted by Crippen LogP contribution is 2.27. The molecule has 1 unspecified atom stereocenters. The minimum absolute atomic E-state index is 0.0314. The van der Waals surface area contributed by atoms with Crippen molar-refractivity contribution in [1.29, 1.82) is 0 Å². The lowest BCUT2D eigenvalue weighted by atomic mass is 10.1. The Kier molecular flexibility index (Phi) is 10.3. The zero-order valence-electron chi connectivity index (χ0n) is 25.9. The molecule has 1 fully saturated rings. The number of hydrogen-bond acceptors (Lipinski definition) is 11. The van der Waals surface area contributed by atoms with E-state index in [0.29, 0.717) is 28.1 Å². The molecular formula is C31H32F3N7O6S. The number of nitrogens with zero attached hydrogens (tertiary/aromatic N) is 6. The molecule has 254 valence electrons. The summed E-state index contributed by atoms with van der Waals surface area (Å²) in [6.45, 7) is 1.90. The van der Waals surface area contributed by atoms with Crippen molar-refractivity contribution in [2.75, 3.05) is 49.6 Å². The highest BCUT2D eigenvalue weighted by Gasteiger charge is 2.40. The number of hydrogen-bond donors (Lipinski definition) is 1. The number of carbonyl (C=O) groups excluding carboxylic acids is 2. The molecule has 1 aliphatic heterocycles. The number of carbonyl (C=O) groups is 2. The third-order valence-electron chi connectivity index (χ3n) is 7.47. The van der Waals surface area contributed by atoms with Gasteiger partial charge in [0.2, 0.25) is 15.9 Å². The molecule has 13 nitrogen and oxygen atoms in total. The summed E-state index contributed by atoms with van der Waals surface area (Å²) in [6, 6.07) is 11.4. The summed E-state index contributed by atoms with van der Waals surface area (Å²) in [4.78, 5) is 41.9. The summed E-state index contributed by atoms with van der Waals surface area (Å²) in [6.07, 6.45) is -0.181. The second kappa shape index (κ2) is 14.4. The molecule has 0 spiro atoms. The monoisotopic (exact) mass is 687 g/mol. The van der Waals surface area contributed by atoms with Gasteiger partial charge < -0.3 is 24.6 Å². The zero-order valence-corrected chi connectivity index (χ0v) is 26.7. The van der Waals surface area contributed by atoms with Crippen LogP contribution in [0.25, 0.3) is 11.0 Å². The number of amides is 1. The lowest BCUT2D eigenvalue weighted by Crippen LogP contribution is -2.60. The number of alkyl halides is 3. The van der Waals surface area contributed by atoms with Gasteiger partial charge in [-0.1, -0.05) is 12.1 Å². The van der Waals surface area contributed by atoms with E-state index < -0.39 is 40.1 Å². The minimum atomic E-state index is -4.84. The normalized spacial score (nSPS) is 15.6. The van der Waals surface area contributed by atoms with Gasteiger partial charge in [-0.05, 0) is 55.0 Å². The van der Waals surface area contributed by atoms with Crippen molar-refractivity contribution < 1.29 is 40.7 Å². The van der Waals surface area contributed by atoms with Crippen molar-refractivity contribution in [3.05, 3.63) is 78.8 Å². The fraction of sp³-hybridized carbons (Fsp3) is 0.323. The molecule has 17 heteroatoms. The van der Waals surface area contributed by atoms with Crippen LogP contribution in [0.15, 0.2) is 78.1 Å². The first-order chi connectivity index (χ1) is 22.8. The summed E-state index contributed by atoms with van der Waals surface area (Å²) in [5.41, 5.74) is 2.19. The lowest BCUT2D eigenvalue weighted by Gasteiger charge is -2.40. The average molecular weight is 688 g/mol. The smallest absolute Gasteiger partial charge is 0.465 e. The molecule has 0 bridgehead atoms. The largest absolute Gasteiger partial charge is 0.573 e. The van der Waals surface area contributed by atoms with E-state index in [1.54, 1.807) is 54.4 Å². The summed E-state index contributed by atoms with van der Waals surface area (Å²) >= 11 is 0. The third-order valence-corrected chi connectivity index (χ3v) is 9.39. The fourth-order valence-corrected chi connectivity index (χ4v) is 6.67. The number of nitrogens with one attached hydrogen (secondary N) is 1. The zero-order chi connectivity index (χ0) is 34.5. The van der Waals surface area contributed by atoms with Crippen LogP contribution in [0, 0.1) is 0 Å². The first-order valence-corrected chi connectivity index (χ1v) is 16.2. The van der Waals surface area contributed by atoms with E-state index in [4.69, 9.17) is 4.74 Å². The van der Waals surface area contributed by atoms with Crippen LogP contribution >= 0.6 is 0 Å². The van der Waals surface area contributed by atoms with Crippen molar-refractivity contribution in [3.8, 4) is 5.75 Å². The highest BCUT2D eigenvalue weighted by atomic mass is 32.2. The number of rotatable bonds is 11. The highest BCUT2D eigenvalue weighted by molar-refractivity contribution is 7.89. The van der Waals surface area contributed by atoms with Crippen molar-refractivity contribution in [3.63, 3.8) is 0 Å². The molecule has 1 N–H and O–H groups in total. The molecule has 1 atom stereocenters. The number of piperazine rings is 1. The maximum Gasteiger partial charge on any atom is 0.573 e. The summed E-state index contributed by atoms with van der Waals surface area (Å²) in [5, 5.41) is 2.71. The van der Waals surface area contributed by atoms with Crippen LogP contribution in [-0.4, -0.2) is 91.8 Å². The molecule has 1 aliphatic rings. The molecule has 2 aromatic heterocycles. The summed E-state index contributed by atoms with van der Waals surface area (Å²) < 4.78 is 75.6. The second-order valence-corrected chi connectivity index (χ2v) is 12.6. The van der Waals surface area contributed by atoms with Crippen LogP contribution in [0.2, 0.25) is 0 Å². The molecule has 48 heavy (non-hydrogen) atoms. The van der Waals surface area contributed by atoms with Gasteiger partial charge in [-0.2, -0.15) is 4.31 Å². The Labute approximate surface area is 274 Å². The van der Waals surface area contributed by atoms with E-state index in [2.05, 4.69) is 25.0 Å². The van der Waals surface area contributed by atoms with Gasteiger partial charge >= 0.3 is 12.3 Å². The Balaban J connectivity index is 1.37. The van der Waals surface area contributed by atoms with Crippen LogP contribution in [0.5, 0.6) is 5.75 Å². The Hall–Kier alpha value is -5.03. The SMILES string of the molecule is CCOC(=O)CN(C)c1ccc(S(=O)(=O)N2CCN(c3cnc4cnccc4n3)CC2C(=O)NCc2ccc(OC(F)(F)F)cc2)cc1. The number of halogens is 3. The summed E-state index contributed by atoms with van der Waals surface area (Å²) in [5.74, 6) is -1.02. The Bertz CT molecular complexity index is 1860. The average Bonchev–Trinajstić information content (AvgIpc) is 3.06. The van der Waals surface area contributed by atoms with Gasteiger partial charge in [-0.25, -0.2) is 18.4 Å². The number of pyridine rings is 1. The lowest BCUT2D eigenvalue weighted by molar-refractivity contribution is -0.274. The summed E-state index contributed by atoms with van der Waals surface area (Å²) in [7, 11) is -2.54. The molecule has 3 heterocycles. The van der Waals surface area contributed by atoms with E-state index in [-0.39, 0.29) is 44.2 Å². The predicted octanol–water partition coefficient (Wildman–Crippen LogP) is 3.12. The van der Waals surface area contributed by atoms with Crippen LogP contribution in [-0.2, 0) is 30.9 Å². The van der Waals surface area contributed by atoms with Gasteiger partial charge in [0.1, 0.15) is 29.7 Å². The first kappa shape index (κ1) is 34.3. The fourth-order valence-electron chi connectivity index (χ4n) is 5.10. The van der Waals surface area contributed by atoms with E-state index >= 15 is 0 Å². The van der Waals surface area contributed by atoms with Gasteiger partial charge in [-0.3, -0.25) is 14.6 Å². The van der Waals surface area contributed by atoms with Crippen LogP contribution in [0.3, 0.4) is 0 Å². The standard InChI is InChI=1S/C31H32F3N7O6S/c1-3-46-29(42)20-39(2)22-6-10-24(11-7-22)48(44,45)41-15-14-40(28-18-36-26-17-35-13-12-25(26)38-28)19-27(41)30(43)37-16-21-4-8-23(9-5-21)47-31(32,33)34/h4-13,17-18,27H,3,14-16,19-20H2,1-2H3,(H,37,43). The molecule has 0 aliphatic carbocycles. The van der Waals surface area contributed by atoms with Crippen molar-refractivity contribution in [2.45, 2.75) is 30.8 Å². The molecular weight excluding hydrogens is 655 g/mol. The Morgan fingerprint density at radius 3 is 2.44 bits per heavy atom. The van der Waals surface area contributed by atoms with Crippen LogP contribution in [0.4, 0.5) is 24.7 Å². The number of benzene rings is 2. The van der Waals surface area contributed by atoms with E-state index in [9.17, 15) is 31.2 Å². The Morgan fingerprint density at radius 2 is 1.75 bits per heavy atom. The Morgan fingerprint density at radius 1 is 1.02 bits per heavy atom. The van der Waals surface area contributed by atoms with E-state index in [1.165, 1.54) is 30.5 Å². The quantitative estimate of drug-likeness (QED) is 0.232. The number of fused-ring (bicyclic) bond motifs is 1. The first-order valence-electron chi connectivity index (χ1n) is 14.8. The van der Waals surface area contributed by atoms with Gasteiger partial charge in [0.05, 0.1) is 29.4 Å². The topological polar surface area (TPSA) is 147 Å². The molecule has 5 rings (SSSR count).